The van der Waals surface area contributed by atoms with Gasteiger partial charge in [-0.3, -0.25) is 24.8 Å². The fraction of sp³-hybridized carbons (Fsp3) is 0.395. The average Bonchev–Trinajstić information content (AvgIpc) is 3.21. The molecule has 7 rings (SSSR count). The number of amides is 1. The predicted molar refractivity (Wildman–Crippen MR) is 230 cm³/mol. The summed E-state index contributed by atoms with van der Waals surface area (Å²) in [5.74, 6) is -0.360. The Hall–Kier alpha value is -5.22. The van der Waals surface area contributed by atoms with Crippen LogP contribution in [0.4, 0.5) is 22.7 Å². The molecule has 3 heterocycles. The van der Waals surface area contributed by atoms with Crippen LogP contribution in [0.25, 0.3) is 5.57 Å². The number of carbonyl (C=O) groups excluding carboxylic acids is 1. The van der Waals surface area contributed by atoms with Crippen LogP contribution in [0, 0.1) is 21.4 Å². The monoisotopic (exact) mass is 843 g/mol. The van der Waals surface area contributed by atoms with Crippen molar-refractivity contribution in [3.63, 3.8) is 0 Å². The molecule has 2 aliphatic heterocycles. The average molecular weight is 844 g/mol. The summed E-state index contributed by atoms with van der Waals surface area (Å²) in [4.78, 5) is 33.5. The van der Waals surface area contributed by atoms with Gasteiger partial charge in [0.25, 0.3) is 21.6 Å². The molecule has 3 aliphatic rings. The van der Waals surface area contributed by atoms with Gasteiger partial charge in [-0.25, -0.2) is 13.1 Å². The van der Waals surface area contributed by atoms with Crippen molar-refractivity contribution >= 4 is 55.9 Å². The van der Waals surface area contributed by atoms with Crippen molar-refractivity contribution in [1.82, 2.24) is 14.6 Å². The highest BCUT2D eigenvalue weighted by Gasteiger charge is 2.30. The van der Waals surface area contributed by atoms with Crippen LogP contribution >= 0.6 is 11.6 Å². The van der Waals surface area contributed by atoms with Crippen molar-refractivity contribution in [1.29, 1.82) is 0 Å². The van der Waals surface area contributed by atoms with Gasteiger partial charge in [0, 0.05) is 81.4 Å². The number of hydrogen-bond donors (Lipinski definition) is 3. The molecular weight excluding hydrogens is 794 g/mol. The Kier molecular flexibility index (Phi) is 12.8. The van der Waals surface area contributed by atoms with Crippen molar-refractivity contribution in [2.24, 2.45) is 11.3 Å². The minimum atomic E-state index is -4.55. The van der Waals surface area contributed by atoms with Crippen molar-refractivity contribution in [3.8, 4) is 11.5 Å². The lowest BCUT2D eigenvalue weighted by Crippen LogP contribution is -2.47. The number of pyridine rings is 1. The molecular formula is C43H50ClN7O7S. The summed E-state index contributed by atoms with van der Waals surface area (Å²) in [5.41, 5.74) is 11.1. The van der Waals surface area contributed by atoms with Gasteiger partial charge in [-0.05, 0) is 91.0 Å². The van der Waals surface area contributed by atoms with Gasteiger partial charge < -0.3 is 25.4 Å². The Labute approximate surface area is 349 Å². The second kappa shape index (κ2) is 18.0. The third kappa shape index (κ3) is 10.5. The van der Waals surface area contributed by atoms with Crippen LogP contribution in [0.1, 0.15) is 61.9 Å². The van der Waals surface area contributed by atoms with Crippen LogP contribution in [0.2, 0.25) is 5.02 Å². The van der Waals surface area contributed by atoms with Gasteiger partial charge in [0.2, 0.25) is 0 Å². The molecule has 4 aromatic rings. The molecule has 0 atom stereocenters. The van der Waals surface area contributed by atoms with Gasteiger partial charge in [0.05, 0.1) is 33.5 Å². The summed E-state index contributed by atoms with van der Waals surface area (Å²) in [6, 6.07) is 18.2. The first-order valence-electron chi connectivity index (χ1n) is 19.9. The van der Waals surface area contributed by atoms with E-state index in [0.29, 0.717) is 38.5 Å². The van der Waals surface area contributed by atoms with Crippen molar-refractivity contribution in [2.45, 2.75) is 50.8 Å². The molecule has 0 unspecified atom stereocenters. The van der Waals surface area contributed by atoms with E-state index in [4.69, 9.17) is 26.8 Å². The van der Waals surface area contributed by atoms with Crippen LogP contribution < -0.4 is 25.4 Å². The molecule has 1 aromatic heterocycles. The molecule has 312 valence electrons. The number of nitrogens with two attached hydrogens (primary N) is 1. The number of ether oxygens (including phenoxy) is 2. The number of nitrogen functional groups attached to an aromatic ring is 1. The lowest BCUT2D eigenvalue weighted by molar-refractivity contribution is -0.384. The highest BCUT2D eigenvalue weighted by Crippen LogP contribution is 2.43. The number of nitro benzene ring substituents is 1. The van der Waals surface area contributed by atoms with Gasteiger partial charge >= 0.3 is 0 Å². The van der Waals surface area contributed by atoms with E-state index in [2.05, 4.69) is 50.8 Å². The molecule has 16 heteroatoms. The molecule has 59 heavy (non-hydrogen) atoms. The lowest BCUT2D eigenvalue weighted by atomic mass is 9.72. The Morgan fingerprint density at radius 3 is 2.49 bits per heavy atom. The topological polar surface area (TPSA) is 182 Å². The van der Waals surface area contributed by atoms with E-state index in [1.807, 2.05) is 12.1 Å². The highest BCUT2D eigenvalue weighted by molar-refractivity contribution is 7.90. The number of allylic oxidation sites excluding steroid dienone is 1. The number of piperazine rings is 1. The zero-order chi connectivity index (χ0) is 41.7. The standard InChI is InChI=1S/C43H50ClN7O7S/c1-43(2)14-11-31(38(24-43)30-3-5-32(44)6-4-30)28-49-15-17-50(18-16-49)34-7-9-37(41(22-34)58-35-21-33(45)26-46-27-35)42(52)48-59(55,56)36-8-10-39(40(23-36)51(53)54)47-25-29-12-19-57-20-13-29/h3-10,21-23,26-27,29,47H,11-20,24-25,28,45H2,1-2H3,(H,48,52). The molecule has 3 aromatic carbocycles. The zero-order valence-electron chi connectivity index (χ0n) is 33.3. The Morgan fingerprint density at radius 1 is 1.03 bits per heavy atom. The molecule has 0 radical (unpaired) electrons. The van der Waals surface area contributed by atoms with Gasteiger partial charge in [-0.15, -0.1) is 0 Å². The first-order chi connectivity index (χ1) is 28.2. The number of benzene rings is 3. The second-order valence-corrected chi connectivity index (χ2v) is 18.4. The molecule has 4 N–H and O–H groups in total. The van der Waals surface area contributed by atoms with Gasteiger partial charge in [0.15, 0.2) is 0 Å². The third-order valence-electron chi connectivity index (χ3n) is 11.3. The number of sulfonamides is 1. The number of rotatable bonds is 13. The van der Waals surface area contributed by atoms with E-state index in [9.17, 15) is 23.3 Å². The normalized spacial score (nSPS) is 17.7. The fourth-order valence-electron chi connectivity index (χ4n) is 7.92. The molecule has 0 spiro atoms. The van der Waals surface area contributed by atoms with Gasteiger partial charge in [-0.2, -0.15) is 0 Å². The summed E-state index contributed by atoms with van der Waals surface area (Å²) >= 11 is 6.22. The maximum Gasteiger partial charge on any atom is 0.293 e. The second-order valence-electron chi connectivity index (χ2n) is 16.2. The summed E-state index contributed by atoms with van der Waals surface area (Å²) in [5, 5.41) is 15.8. The quantitative estimate of drug-likeness (QED) is 0.0880. The number of nitrogens with one attached hydrogen (secondary N) is 2. The van der Waals surface area contributed by atoms with Crippen molar-refractivity contribution in [2.75, 3.05) is 68.4 Å². The Morgan fingerprint density at radius 2 is 1.78 bits per heavy atom. The summed E-state index contributed by atoms with van der Waals surface area (Å²) in [6.45, 7) is 10.3. The molecule has 14 nitrogen and oxygen atoms in total. The van der Waals surface area contributed by atoms with Crippen LogP contribution in [-0.2, 0) is 14.8 Å². The molecule has 2 saturated heterocycles. The van der Waals surface area contributed by atoms with E-state index in [0.717, 1.165) is 68.5 Å². The smallest absolute Gasteiger partial charge is 0.293 e. The first-order valence-corrected chi connectivity index (χ1v) is 21.7. The molecule has 1 amide bonds. The Balaban J connectivity index is 1.07. The summed E-state index contributed by atoms with van der Waals surface area (Å²) in [6.07, 6.45) is 7.72. The van der Waals surface area contributed by atoms with Crippen LogP contribution in [0.15, 0.2) is 89.6 Å². The maximum absolute atomic E-state index is 13.8. The number of carbonyl (C=O) groups is 1. The largest absolute Gasteiger partial charge is 0.455 e. The highest BCUT2D eigenvalue weighted by atomic mass is 35.5. The summed E-state index contributed by atoms with van der Waals surface area (Å²) in [7, 11) is -4.55. The van der Waals surface area contributed by atoms with E-state index in [-0.39, 0.29) is 34.1 Å². The minimum Gasteiger partial charge on any atom is -0.455 e. The number of aromatic nitrogens is 1. The van der Waals surface area contributed by atoms with Crippen LogP contribution in [0.5, 0.6) is 11.5 Å². The lowest BCUT2D eigenvalue weighted by Gasteiger charge is -2.39. The third-order valence-corrected chi connectivity index (χ3v) is 12.9. The van der Waals surface area contributed by atoms with Crippen molar-refractivity contribution < 1.29 is 27.6 Å². The number of halogens is 1. The van der Waals surface area contributed by atoms with E-state index < -0.39 is 31.4 Å². The number of hydrogen-bond acceptors (Lipinski definition) is 12. The van der Waals surface area contributed by atoms with E-state index >= 15 is 0 Å². The zero-order valence-corrected chi connectivity index (χ0v) is 34.9. The number of anilines is 3. The SMILES string of the molecule is CC1(C)CCC(CN2CCN(c3ccc(C(=O)NS(=O)(=O)c4ccc(NCC5CCOCC5)c([N+](=O)[O-])c4)c(Oc4cncc(N)c4)c3)CC2)=C(c2ccc(Cl)cc2)C1. The first kappa shape index (κ1) is 41.9. The minimum absolute atomic E-state index is 0.0653. The van der Waals surface area contributed by atoms with Crippen LogP contribution in [-0.4, -0.2) is 81.6 Å². The maximum atomic E-state index is 13.8. The molecule has 0 saturated carbocycles. The molecule has 2 fully saturated rings. The summed E-state index contributed by atoms with van der Waals surface area (Å²) < 4.78 is 40.8. The Bertz CT molecular complexity index is 2320. The predicted octanol–water partition coefficient (Wildman–Crippen LogP) is 7.76. The van der Waals surface area contributed by atoms with Gasteiger partial charge in [-0.1, -0.05) is 43.2 Å². The number of nitro groups is 1. The fourth-order valence-corrected chi connectivity index (χ4v) is 9.03. The molecule has 0 bridgehead atoms. The van der Waals surface area contributed by atoms with E-state index in [1.54, 1.807) is 18.2 Å². The van der Waals surface area contributed by atoms with Crippen molar-refractivity contribution in [3.05, 3.63) is 111 Å². The van der Waals surface area contributed by atoms with Gasteiger partial charge in [0.1, 0.15) is 17.2 Å². The molecule has 1 aliphatic carbocycles. The van der Waals surface area contributed by atoms with E-state index in [1.165, 1.54) is 47.3 Å². The van der Waals surface area contributed by atoms with Crippen LogP contribution in [0.3, 0.4) is 0 Å². The number of nitrogens with zero attached hydrogens (tertiary/aromatic N) is 4.